The highest BCUT2D eigenvalue weighted by Crippen LogP contribution is 2.17. The zero-order valence-corrected chi connectivity index (χ0v) is 13.4. The minimum absolute atomic E-state index is 0.0526. The molecular formula is C14H19BrN2OS. The molecule has 0 aliphatic carbocycles. The lowest BCUT2D eigenvalue weighted by atomic mass is 10.1. The van der Waals surface area contributed by atoms with Gasteiger partial charge in [0.15, 0.2) is 0 Å². The molecule has 1 aliphatic heterocycles. The van der Waals surface area contributed by atoms with Crippen molar-refractivity contribution >= 4 is 33.6 Å². The van der Waals surface area contributed by atoms with Gasteiger partial charge < -0.3 is 10.6 Å². The summed E-state index contributed by atoms with van der Waals surface area (Å²) in [5, 5.41) is 6.44. The third-order valence-corrected chi connectivity index (χ3v) is 4.84. The molecule has 1 unspecified atom stereocenters. The summed E-state index contributed by atoms with van der Waals surface area (Å²) in [5.41, 5.74) is 1.13. The maximum Gasteiger partial charge on any atom is 0.222 e. The van der Waals surface area contributed by atoms with Crippen LogP contribution < -0.4 is 10.6 Å². The highest BCUT2D eigenvalue weighted by Gasteiger charge is 2.18. The van der Waals surface area contributed by atoms with Gasteiger partial charge in [0, 0.05) is 35.0 Å². The first-order valence-electron chi connectivity index (χ1n) is 6.51. The van der Waals surface area contributed by atoms with Crippen molar-refractivity contribution in [2.24, 2.45) is 0 Å². The van der Waals surface area contributed by atoms with E-state index in [1.807, 2.05) is 43.0 Å². The number of rotatable bonds is 4. The molecule has 1 aliphatic rings. The molecule has 0 spiro atoms. The topological polar surface area (TPSA) is 41.1 Å². The van der Waals surface area contributed by atoms with Crippen LogP contribution in [-0.2, 0) is 4.79 Å². The van der Waals surface area contributed by atoms with Gasteiger partial charge in [-0.1, -0.05) is 28.1 Å². The molecule has 1 aromatic carbocycles. The Morgan fingerprint density at radius 3 is 2.89 bits per heavy atom. The smallest absolute Gasteiger partial charge is 0.222 e. The maximum atomic E-state index is 12.0. The van der Waals surface area contributed by atoms with Gasteiger partial charge in [0.2, 0.25) is 5.91 Å². The first-order chi connectivity index (χ1) is 9.15. The number of carbonyl (C=O) groups excluding carboxylic acids is 1. The van der Waals surface area contributed by atoms with Gasteiger partial charge >= 0.3 is 0 Å². The van der Waals surface area contributed by atoms with Crippen molar-refractivity contribution in [3.63, 3.8) is 0 Å². The van der Waals surface area contributed by atoms with Crippen molar-refractivity contribution in [2.75, 3.05) is 18.1 Å². The molecule has 0 saturated carbocycles. The van der Waals surface area contributed by atoms with Crippen molar-refractivity contribution in [2.45, 2.75) is 25.4 Å². The molecule has 0 bridgehead atoms. The van der Waals surface area contributed by atoms with E-state index >= 15 is 0 Å². The van der Waals surface area contributed by atoms with E-state index in [0.717, 1.165) is 28.1 Å². The van der Waals surface area contributed by atoms with Crippen LogP contribution in [0.5, 0.6) is 0 Å². The van der Waals surface area contributed by atoms with E-state index in [4.69, 9.17) is 0 Å². The van der Waals surface area contributed by atoms with Crippen molar-refractivity contribution in [1.82, 2.24) is 10.6 Å². The quantitative estimate of drug-likeness (QED) is 0.883. The molecule has 3 nitrogen and oxygen atoms in total. The third kappa shape index (κ3) is 4.82. The molecular weight excluding hydrogens is 324 g/mol. The molecule has 2 N–H and O–H groups in total. The molecule has 19 heavy (non-hydrogen) atoms. The lowest BCUT2D eigenvalue weighted by Gasteiger charge is -2.23. The number of benzene rings is 1. The average Bonchev–Trinajstić information content (AvgIpc) is 2.40. The van der Waals surface area contributed by atoms with Gasteiger partial charge in [0.1, 0.15) is 0 Å². The predicted molar refractivity (Wildman–Crippen MR) is 84.4 cm³/mol. The third-order valence-electron chi connectivity index (χ3n) is 3.18. The second-order valence-electron chi connectivity index (χ2n) is 4.77. The average molecular weight is 343 g/mol. The summed E-state index contributed by atoms with van der Waals surface area (Å²) in [6.45, 7) is 3.02. The van der Waals surface area contributed by atoms with Crippen LogP contribution in [-0.4, -0.2) is 30.0 Å². The Bertz CT molecular complexity index is 418. The van der Waals surface area contributed by atoms with Gasteiger partial charge in [0.05, 0.1) is 6.04 Å². The van der Waals surface area contributed by atoms with Crippen molar-refractivity contribution < 1.29 is 4.79 Å². The van der Waals surface area contributed by atoms with Gasteiger partial charge in [-0.15, -0.1) is 0 Å². The Hall–Kier alpha value is -0.520. The van der Waals surface area contributed by atoms with Crippen molar-refractivity contribution in [1.29, 1.82) is 0 Å². The number of halogens is 1. The van der Waals surface area contributed by atoms with Crippen LogP contribution in [0.1, 0.15) is 24.9 Å². The minimum atomic E-state index is 0.0526. The van der Waals surface area contributed by atoms with Crippen LogP contribution in [0.25, 0.3) is 0 Å². The Labute approximate surface area is 127 Å². The Morgan fingerprint density at radius 2 is 2.26 bits per heavy atom. The molecule has 1 aromatic rings. The lowest BCUT2D eigenvalue weighted by molar-refractivity contribution is -0.122. The number of carbonyl (C=O) groups is 1. The number of hydrogen-bond acceptors (Lipinski definition) is 3. The van der Waals surface area contributed by atoms with Gasteiger partial charge in [-0.25, -0.2) is 0 Å². The molecule has 1 saturated heterocycles. The first-order valence-corrected chi connectivity index (χ1v) is 8.46. The number of hydrogen-bond donors (Lipinski definition) is 2. The molecule has 5 heteroatoms. The van der Waals surface area contributed by atoms with Crippen molar-refractivity contribution in [3.05, 3.63) is 34.3 Å². The second kappa shape index (κ2) is 7.31. The van der Waals surface area contributed by atoms with E-state index < -0.39 is 0 Å². The molecule has 1 fully saturated rings. The summed E-state index contributed by atoms with van der Waals surface area (Å²) < 4.78 is 1.05. The Morgan fingerprint density at radius 1 is 1.53 bits per heavy atom. The standard InChI is InChI=1S/C14H19BrN2OS/c1-10(11-2-4-12(15)5-3-11)17-14(18)8-13-9-19-7-6-16-13/h2-5,10,13,16H,6-9H2,1H3,(H,17,18)/t10-,13?/m1/s1. The number of nitrogens with one attached hydrogen (secondary N) is 2. The van der Waals surface area contributed by atoms with Crippen molar-refractivity contribution in [3.8, 4) is 0 Å². The fraction of sp³-hybridized carbons (Fsp3) is 0.500. The van der Waals surface area contributed by atoms with Gasteiger partial charge in [-0.3, -0.25) is 4.79 Å². The van der Waals surface area contributed by atoms with E-state index in [2.05, 4.69) is 26.6 Å². The Balaban J connectivity index is 1.82. The fourth-order valence-corrected chi connectivity index (χ4v) is 3.32. The van der Waals surface area contributed by atoms with E-state index in [-0.39, 0.29) is 11.9 Å². The number of thioether (sulfide) groups is 1. The van der Waals surface area contributed by atoms with Gasteiger partial charge in [-0.05, 0) is 24.6 Å². The number of amides is 1. The SMILES string of the molecule is C[C@@H](NC(=O)CC1CSCCN1)c1ccc(Br)cc1. The maximum absolute atomic E-state index is 12.0. The van der Waals surface area contributed by atoms with Crippen LogP contribution in [0.4, 0.5) is 0 Å². The molecule has 1 amide bonds. The zero-order chi connectivity index (χ0) is 13.7. The summed E-state index contributed by atoms with van der Waals surface area (Å²) in [6, 6.07) is 8.43. The summed E-state index contributed by atoms with van der Waals surface area (Å²) >= 11 is 5.33. The minimum Gasteiger partial charge on any atom is -0.350 e. The summed E-state index contributed by atoms with van der Waals surface area (Å²) in [4.78, 5) is 12.0. The Kier molecular flexibility index (Phi) is 5.73. The molecule has 2 rings (SSSR count). The van der Waals surface area contributed by atoms with E-state index in [1.165, 1.54) is 0 Å². The second-order valence-corrected chi connectivity index (χ2v) is 6.84. The highest BCUT2D eigenvalue weighted by molar-refractivity contribution is 9.10. The summed E-state index contributed by atoms with van der Waals surface area (Å²) in [6.07, 6.45) is 0.563. The lowest BCUT2D eigenvalue weighted by Crippen LogP contribution is -2.41. The predicted octanol–water partition coefficient (Wildman–Crippen LogP) is 2.72. The largest absolute Gasteiger partial charge is 0.350 e. The van der Waals surface area contributed by atoms with Crippen LogP contribution in [0.3, 0.4) is 0 Å². The van der Waals surface area contributed by atoms with E-state index in [9.17, 15) is 4.79 Å². The molecule has 0 aromatic heterocycles. The monoisotopic (exact) mass is 342 g/mol. The van der Waals surface area contributed by atoms with Crippen LogP contribution in [0, 0.1) is 0 Å². The molecule has 1 heterocycles. The first kappa shape index (κ1) is 14.9. The highest BCUT2D eigenvalue weighted by atomic mass is 79.9. The molecule has 0 radical (unpaired) electrons. The van der Waals surface area contributed by atoms with Crippen LogP contribution >= 0.6 is 27.7 Å². The van der Waals surface area contributed by atoms with E-state index in [0.29, 0.717) is 12.5 Å². The molecule has 104 valence electrons. The summed E-state index contributed by atoms with van der Waals surface area (Å²) in [5.74, 6) is 2.29. The summed E-state index contributed by atoms with van der Waals surface area (Å²) in [7, 11) is 0. The van der Waals surface area contributed by atoms with E-state index in [1.54, 1.807) is 0 Å². The molecule has 2 atom stereocenters. The van der Waals surface area contributed by atoms with Gasteiger partial charge in [-0.2, -0.15) is 11.8 Å². The normalized spacial score (nSPS) is 20.8. The van der Waals surface area contributed by atoms with Crippen LogP contribution in [0.15, 0.2) is 28.7 Å². The zero-order valence-electron chi connectivity index (χ0n) is 11.0. The fourth-order valence-electron chi connectivity index (χ4n) is 2.11. The van der Waals surface area contributed by atoms with Gasteiger partial charge in [0.25, 0.3) is 0 Å². The van der Waals surface area contributed by atoms with Crippen LogP contribution in [0.2, 0.25) is 0 Å².